The van der Waals surface area contributed by atoms with Gasteiger partial charge in [0, 0.05) is 32.5 Å². The zero-order chi connectivity index (χ0) is 17.0. The Morgan fingerprint density at radius 3 is 2.30 bits per heavy atom. The first-order valence-corrected chi connectivity index (χ1v) is 8.47. The van der Waals surface area contributed by atoms with Gasteiger partial charge in [0.15, 0.2) is 0 Å². The van der Waals surface area contributed by atoms with Crippen molar-refractivity contribution in [3.63, 3.8) is 0 Å². The molecule has 0 aliphatic carbocycles. The zero-order valence-electron chi connectivity index (χ0n) is 13.3. The number of hydrogen-bond acceptors (Lipinski definition) is 4. The maximum Gasteiger partial charge on any atom is 0.253 e. The maximum absolute atomic E-state index is 12.0. The Kier molecular flexibility index (Phi) is 5.12. The topological polar surface area (TPSA) is 79.4 Å². The normalized spacial score (nSPS) is 11.5. The Balaban J connectivity index is 2.02. The Labute approximate surface area is 136 Å². The number of benzene rings is 1. The predicted molar refractivity (Wildman–Crippen MR) is 87.5 cm³/mol. The van der Waals surface area contributed by atoms with Crippen LogP contribution in [0.1, 0.15) is 21.6 Å². The van der Waals surface area contributed by atoms with Gasteiger partial charge in [0.1, 0.15) is 0 Å². The van der Waals surface area contributed by atoms with Crippen molar-refractivity contribution in [3.05, 3.63) is 59.4 Å². The fraction of sp³-hybridized carbons (Fsp3) is 0.250. The number of aryl methyl sites for hydroxylation is 1. The van der Waals surface area contributed by atoms with E-state index >= 15 is 0 Å². The summed E-state index contributed by atoms with van der Waals surface area (Å²) in [5.74, 6) is -0.220. The van der Waals surface area contributed by atoms with Crippen LogP contribution in [-0.2, 0) is 16.6 Å². The van der Waals surface area contributed by atoms with Gasteiger partial charge < -0.3 is 5.32 Å². The van der Waals surface area contributed by atoms with E-state index in [1.165, 1.54) is 32.4 Å². The summed E-state index contributed by atoms with van der Waals surface area (Å²) in [6, 6.07) is 9.92. The highest BCUT2D eigenvalue weighted by molar-refractivity contribution is 7.89. The number of carbonyl (C=O) groups is 1. The molecule has 1 amide bonds. The van der Waals surface area contributed by atoms with E-state index in [9.17, 15) is 13.2 Å². The molecule has 7 heteroatoms. The summed E-state index contributed by atoms with van der Waals surface area (Å²) in [5, 5.41) is 2.78. The van der Waals surface area contributed by atoms with Crippen LogP contribution in [-0.4, -0.2) is 37.7 Å². The molecule has 0 fully saturated rings. The minimum Gasteiger partial charge on any atom is -0.348 e. The molecule has 0 saturated carbocycles. The van der Waals surface area contributed by atoms with Gasteiger partial charge in [-0.1, -0.05) is 12.1 Å². The lowest BCUT2D eigenvalue weighted by Crippen LogP contribution is -2.23. The number of nitrogens with one attached hydrogen (secondary N) is 1. The van der Waals surface area contributed by atoms with Crippen LogP contribution < -0.4 is 5.32 Å². The van der Waals surface area contributed by atoms with Gasteiger partial charge in [-0.3, -0.25) is 9.78 Å². The molecule has 0 spiro atoms. The minimum absolute atomic E-state index is 0.220. The van der Waals surface area contributed by atoms with Crippen molar-refractivity contribution >= 4 is 15.9 Å². The van der Waals surface area contributed by atoms with E-state index in [2.05, 4.69) is 10.3 Å². The summed E-state index contributed by atoms with van der Waals surface area (Å²) in [7, 11) is -0.464. The molecular weight excluding hydrogens is 314 g/mol. The number of rotatable bonds is 5. The van der Waals surface area contributed by atoms with Crippen LogP contribution in [0.3, 0.4) is 0 Å². The smallest absolute Gasteiger partial charge is 0.253 e. The average molecular weight is 333 g/mol. The fourth-order valence-corrected chi connectivity index (χ4v) is 2.78. The van der Waals surface area contributed by atoms with Crippen molar-refractivity contribution in [1.82, 2.24) is 14.6 Å². The predicted octanol–water partition coefficient (Wildman–Crippen LogP) is 1.57. The van der Waals surface area contributed by atoms with E-state index in [4.69, 9.17) is 0 Å². The molecule has 0 aliphatic rings. The molecular formula is C16H19N3O3S. The van der Waals surface area contributed by atoms with E-state index in [1.807, 2.05) is 6.92 Å². The molecule has 0 saturated heterocycles. The molecule has 0 unspecified atom stereocenters. The molecule has 2 aromatic rings. The molecule has 6 nitrogen and oxygen atoms in total. The number of sulfonamides is 1. The van der Waals surface area contributed by atoms with E-state index in [1.54, 1.807) is 24.3 Å². The summed E-state index contributed by atoms with van der Waals surface area (Å²) in [4.78, 5) is 16.3. The summed E-state index contributed by atoms with van der Waals surface area (Å²) < 4.78 is 25.1. The average Bonchev–Trinajstić information content (AvgIpc) is 2.53. The molecule has 122 valence electrons. The number of hydrogen-bond donors (Lipinski definition) is 1. The number of nitrogens with zero attached hydrogens (tertiary/aromatic N) is 2. The van der Waals surface area contributed by atoms with E-state index in [0.717, 1.165) is 15.6 Å². The first kappa shape index (κ1) is 17.1. The van der Waals surface area contributed by atoms with E-state index in [-0.39, 0.29) is 10.8 Å². The summed E-state index contributed by atoms with van der Waals surface area (Å²) in [6.07, 6.45) is 1.53. The Hall–Kier alpha value is -2.25. The summed E-state index contributed by atoms with van der Waals surface area (Å²) in [5.41, 5.74) is 2.15. The third kappa shape index (κ3) is 4.14. The highest BCUT2D eigenvalue weighted by Gasteiger charge is 2.16. The molecule has 0 atom stereocenters. The molecule has 0 bridgehead atoms. The third-order valence-corrected chi connectivity index (χ3v) is 5.16. The van der Waals surface area contributed by atoms with Crippen LogP contribution in [0.15, 0.2) is 47.5 Å². The van der Waals surface area contributed by atoms with Crippen LogP contribution in [0.25, 0.3) is 0 Å². The molecule has 2 rings (SSSR count). The second kappa shape index (κ2) is 6.89. The second-order valence-electron chi connectivity index (χ2n) is 5.30. The van der Waals surface area contributed by atoms with Crippen molar-refractivity contribution < 1.29 is 13.2 Å². The van der Waals surface area contributed by atoms with Gasteiger partial charge in [-0.05, 0) is 36.8 Å². The van der Waals surface area contributed by atoms with Crippen LogP contribution in [0.2, 0.25) is 0 Å². The summed E-state index contributed by atoms with van der Waals surface area (Å²) in [6.45, 7) is 2.17. The van der Waals surface area contributed by atoms with Gasteiger partial charge in [-0.25, -0.2) is 12.7 Å². The Bertz CT molecular complexity index is 782. The van der Waals surface area contributed by atoms with Crippen LogP contribution >= 0.6 is 0 Å². The van der Waals surface area contributed by atoms with E-state index in [0.29, 0.717) is 12.1 Å². The molecule has 1 aromatic carbocycles. The second-order valence-corrected chi connectivity index (χ2v) is 7.45. The largest absolute Gasteiger partial charge is 0.348 e. The Morgan fingerprint density at radius 2 is 1.78 bits per heavy atom. The third-order valence-electron chi connectivity index (χ3n) is 3.33. The quantitative estimate of drug-likeness (QED) is 0.901. The molecule has 0 aliphatic heterocycles. The SMILES string of the molecule is Cc1ccc(C(=O)NCc2ccc(S(=O)(=O)N(C)C)cc2)cn1. The van der Waals surface area contributed by atoms with Crippen molar-refractivity contribution in [2.75, 3.05) is 14.1 Å². The Morgan fingerprint density at radius 1 is 1.13 bits per heavy atom. The van der Waals surface area contributed by atoms with Crippen LogP contribution in [0, 0.1) is 6.92 Å². The first-order chi connectivity index (χ1) is 10.8. The highest BCUT2D eigenvalue weighted by Crippen LogP contribution is 2.14. The zero-order valence-corrected chi connectivity index (χ0v) is 14.1. The highest BCUT2D eigenvalue weighted by atomic mass is 32.2. The van der Waals surface area contributed by atoms with Gasteiger partial charge >= 0.3 is 0 Å². The molecule has 1 heterocycles. The summed E-state index contributed by atoms with van der Waals surface area (Å²) >= 11 is 0. The maximum atomic E-state index is 12.0. The lowest BCUT2D eigenvalue weighted by molar-refractivity contribution is 0.0950. The van der Waals surface area contributed by atoms with Gasteiger partial charge in [0.05, 0.1) is 10.5 Å². The minimum atomic E-state index is -3.43. The number of aromatic nitrogens is 1. The number of amides is 1. The fourth-order valence-electron chi connectivity index (χ4n) is 1.88. The number of pyridine rings is 1. The van der Waals surface area contributed by atoms with Crippen molar-refractivity contribution in [2.45, 2.75) is 18.4 Å². The van der Waals surface area contributed by atoms with Gasteiger partial charge in [0.2, 0.25) is 10.0 Å². The molecule has 1 N–H and O–H groups in total. The van der Waals surface area contributed by atoms with Gasteiger partial charge in [-0.2, -0.15) is 0 Å². The monoisotopic (exact) mass is 333 g/mol. The van der Waals surface area contributed by atoms with Crippen molar-refractivity contribution in [3.8, 4) is 0 Å². The van der Waals surface area contributed by atoms with Crippen molar-refractivity contribution in [1.29, 1.82) is 0 Å². The van der Waals surface area contributed by atoms with Gasteiger partial charge in [0.25, 0.3) is 5.91 Å². The molecule has 1 aromatic heterocycles. The first-order valence-electron chi connectivity index (χ1n) is 7.03. The number of carbonyl (C=O) groups excluding carboxylic acids is 1. The lowest BCUT2D eigenvalue weighted by Gasteiger charge is -2.12. The molecule has 23 heavy (non-hydrogen) atoms. The van der Waals surface area contributed by atoms with Crippen LogP contribution in [0.4, 0.5) is 0 Å². The van der Waals surface area contributed by atoms with Crippen molar-refractivity contribution in [2.24, 2.45) is 0 Å². The molecule has 0 radical (unpaired) electrons. The van der Waals surface area contributed by atoms with Crippen LogP contribution in [0.5, 0.6) is 0 Å². The van der Waals surface area contributed by atoms with E-state index < -0.39 is 10.0 Å². The standard InChI is InChI=1S/C16H19N3O3S/c1-12-4-7-14(11-17-12)16(20)18-10-13-5-8-15(9-6-13)23(21,22)19(2)3/h4-9,11H,10H2,1-3H3,(H,18,20). The van der Waals surface area contributed by atoms with Gasteiger partial charge in [-0.15, -0.1) is 0 Å². The lowest BCUT2D eigenvalue weighted by atomic mass is 10.2.